The van der Waals surface area contributed by atoms with E-state index in [-0.39, 0.29) is 22.8 Å². The fourth-order valence-electron chi connectivity index (χ4n) is 3.19. The zero-order chi connectivity index (χ0) is 19.6. The summed E-state index contributed by atoms with van der Waals surface area (Å²) in [5.74, 6) is -0.577. The minimum absolute atomic E-state index is 0.162. The van der Waals surface area contributed by atoms with Crippen LogP contribution in [0, 0.1) is 10.1 Å². The average molecular weight is 368 g/mol. The number of rotatable bonds is 5. The number of amides is 2. The first-order valence-electron chi connectivity index (χ1n) is 8.58. The fourth-order valence-corrected chi connectivity index (χ4v) is 3.19. The van der Waals surface area contributed by atoms with E-state index in [1.807, 2.05) is 24.3 Å². The molecule has 0 bridgehead atoms. The number of hydrogen-bond donors (Lipinski definition) is 2. The molecule has 1 heterocycles. The van der Waals surface area contributed by atoms with Crippen molar-refractivity contribution in [1.29, 1.82) is 0 Å². The van der Waals surface area contributed by atoms with Crippen molar-refractivity contribution in [3.63, 3.8) is 0 Å². The van der Waals surface area contributed by atoms with Crippen LogP contribution < -0.4 is 15.5 Å². The zero-order valence-corrected chi connectivity index (χ0v) is 15.1. The van der Waals surface area contributed by atoms with E-state index in [0.717, 1.165) is 17.7 Å². The molecule has 0 aromatic heterocycles. The van der Waals surface area contributed by atoms with E-state index in [2.05, 4.69) is 10.6 Å². The predicted octanol–water partition coefficient (Wildman–Crippen LogP) is 2.34. The predicted molar refractivity (Wildman–Crippen MR) is 102 cm³/mol. The van der Waals surface area contributed by atoms with Gasteiger partial charge in [0.2, 0.25) is 5.91 Å². The van der Waals surface area contributed by atoms with Crippen LogP contribution in [0.25, 0.3) is 0 Å². The highest BCUT2D eigenvalue weighted by atomic mass is 16.6. The number of nitrogens with one attached hydrogen (secondary N) is 2. The Morgan fingerprint density at radius 2 is 1.96 bits per heavy atom. The second kappa shape index (κ2) is 7.45. The van der Waals surface area contributed by atoms with Crippen molar-refractivity contribution in [3.8, 4) is 0 Å². The summed E-state index contributed by atoms with van der Waals surface area (Å²) in [6, 6.07) is 11.2. The maximum atomic E-state index is 12.8. The Labute approximate surface area is 156 Å². The van der Waals surface area contributed by atoms with Crippen molar-refractivity contribution < 1.29 is 14.5 Å². The van der Waals surface area contributed by atoms with Crippen LogP contribution in [0.3, 0.4) is 0 Å². The molecule has 1 aliphatic rings. The Morgan fingerprint density at radius 1 is 1.22 bits per heavy atom. The second-order valence-electron chi connectivity index (χ2n) is 6.30. The molecule has 140 valence electrons. The Morgan fingerprint density at radius 3 is 2.67 bits per heavy atom. The maximum absolute atomic E-state index is 12.8. The number of benzene rings is 2. The standard InChI is InChI=1S/C19H20N4O4/c1-12(19(25)22-10-9-13-5-3-4-6-16(13)22)21-15-8-7-14(18(24)20-2)11-17(15)23(26)27/h3-8,11-12,21H,9-10H2,1-2H3,(H,20,24). The van der Waals surface area contributed by atoms with Crippen molar-refractivity contribution in [2.75, 3.05) is 23.8 Å². The third-order valence-corrected chi connectivity index (χ3v) is 4.58. The lowest BCUT2D eigenvalue weighted by Crippen LogP contribution is -2.40. The normalized spacial score (nSPS) is 13.6. The molecule has 0 fully saturated rings. The first kappa shape index (κ1) is 18.4. The molecule has 3 rings (SSSR count). The van der Waals surface area contributed by atoms with Crippen LogP contribution >= 0.6 is 0 Å². The lowest BCUT2D eigenvalue weighted by molar-refractivity contribution is -0.384. The molecule has 0 spiro atoms. The van der Waals surface area contributed by atoms with E-state index < -0.39 is 16.9 Å². The molecule has 8 nitrogen and oxygen atoms in total. The monoisotopic (exact) mass is 368 g/mol. The smallest absolute Gasteiger partial charge is 0.293 e. The first-order valence-corrected chi connectivity index (χ1v) is 8.58. The molecular formula is C19H20N4O4. The van der Waals surface area contributed by atoms with Gasteiger partial charge in [-0.05, 0) is 37.1 Å². The fraction of sp³-hybridized carbons (Fsp3) is 0.263. The molecule has 8 heteroatoms. The molecule has 0 saturated heterocycles. The number of fused-ring (bicyclic) bond motifs is 1. The largest absolute Gasteiger partial charge is 0.368 e. The van der Waals surface area contributed by atoms with Crippen LogP contribution in [0.2, 0.25) is 0 Å². The zero-order valence-electron chi connectivity index (χ0n) is 15.1. The van der Waals surface area contributed by atoms with Gasteiger partial charge in [0, 0.05) is 30.9 Å². The molecule has 0 saturated carbocycles. The van der Waals surface area contributed by atoms with Gasteiger partial charge < -0.3 is 15.5 Å². The van der Waals surface area contributed by atoms with Gasteiger partial charge in [-0.1, -0.05) is 18.2 Å². The molecule has 2 amide bonds. The first-order chi connectivity index (χ1) is 12.9. The number of nitro groups is 1. The minimum atomic E-state index is -0.666. The molecule has 2 N–H and O–H groups in total. The molecule has 0 aliphatic carbocycles. The van der Waals surface area contributed by atoms with Crippen LogP contribution in [-0.2, 0) is 11.2 Å². The van der Waals surface area contributed by atoms with Gasteiger partial charge in [0.25, 0.3) is 11.6 Å². The summed E-state index contributed by atoms with van der Waals surface area (Å²) in [5, 5.41) is 16.7. The van der Waals surface area contributed by atoms with Crippen molar-refractivity contribution in [1.82, 2.24) is 5.32 Å². The summed E-state index contributed by atoms with van der Waals surface area (Å²) in [6.45, 7) is 2.25. The van der Waals surface area contributed by atoms with Gasteiger partial charge in [0.15, 0.2) is 0 Å². The Kier molecular flexibility index (Phi) is 5.07. The summed E-state index contributed by atoms with van der Waals surface area (Å²) in [6.07, 6.45) is 0.787. The van der Waals surface area contributed by atoms with Gasteiger partial charge in [-0.15, -0.1) is 0 Å². The van der Waals surface area contributed by atoms with Crippen molar-refractivity contribution in [3.05, 3.63) is 63.7 Å². The van der Waals surface area contributed by atoms with Gasteiger partial charge >= 0.3 is 0 Å². The summed E-state index contributed by atoms with van der Waals surface area (Å²) >= 11 is 0. The van der Waals surface area contributed by atoms with E-state index in [0.29, 0.717) is 6.54 Å². The number of nitrogens with zero attached hydrogens (tertiary/aromatic N) is 2. The lowest BCUT2D eigenvalue weighted by atomic mass is 10.1. The molecule has 2 aromatic rings. The van der Waals surface area contributed by atoms with E-state index in [1.165, 1.54) is 25.2 Å². The molecule has 0 radical (unpaired) electrons. The third-order valence-electron chi connectivity index (χ3n) is 4.58. The van der Waals surface area contributed by atoms with E-state index >= 15 is 0 Å². The van der Waals surface area contributed by atoms with Crippen LogP contribution in [0.1, 0.15) is 22.8 Å². The lowest BCUT2D eigenvalue weighted by Gasteiger charge is -2.23. The number of anilines is 2. The highest BCUT2D eigenvalue weighted by Crippen LogP contribution is 2.30. The third kappa shape index (κ3) is 3.59. The quantitative estimate of drug-likeness (QED) is 0.623. The van der Waals surface area contributed by atoms with E-state index in [9.17, 15) is 19.7 Å². The molecular weight excluding hydrogens is 348 g/mol. The average Bonchev–Trinajstić information content (AvgIpc) is 3.10. The maximum Gasteiger partial charge on any atom is 0.293 e. The summed E-state index contributed by atoms with van der Waals surface area (Å²) in [5.41, 5.74) is 2.11. The van der Waals surface area contributed by atoms with Crippen LogP contribution in [0.4, 0.5) is 17.1 Å². The van der Waals surface area contributed by atoms with Crippen molar-refractivity contribution >= 4 is 28.9 Å². The topological polar surface area (TPSA) is 105 Å². The molecule has 2 aromatic carbocycles. The van der Waals surface area contributed by atoms with E-state index in [4.69, 9.17) is 0 Å². The Balaban J connectivity index is 1.81. The van der Waals surface area contributed by atoms with Crippen molar-refractivity contribution in [2.45, 2.75) is 19.4 Å². The second-order valence-corrected chi connectivity index (χ2v) is 6.30. The summed E-state index contributed by atoms with van der Waals surface area (Å²) in [4.78, 5) is 37.1. The molecule has 1 aliphatic heterocycles. The van der Waals surface area contributed by atoms with Crippen LogP contribution in [0.15, 0.2) is 42.5 Å². The summed E-state index contributed by atoms with van der Waals surface area (Å²) in [7, 11) is 1.45. The molecule has 1 unspecified atom stereocenters. The Hall–Kier alpha value is -3.42. The molecule has 27 heavy (non-hydrogen) atoms. The number of carbonyl (C=O) groups excluding carboxylic acids is 2. The highest BCUT2D eigenvalue weighted by molar-refractivity contribution is 6.00. The van der Waals surface area contributed by atoms with Gasteiger partial charge in [0.05, 0.1) is 4.92 Å². The van der Waals surface area contributed by atoms with Crippen molar-refractivity contribution in [2.24, 2.45) is 0 Å². The SMILES string of the molecule is CNC(=O)c1ccc(NC(C)C(=O)N2CCc3ccccc32)c([N+](=O)[O-])c1. The summed E-state index contributed by atoms with van der Waals surface area (Å²) < 4.78 is 0. The number of para-hydroxylation sites is 1. The van der Waals surface area contributed by atoms with Gasteiger partial charge in [0.1, 0.15) is 11.7 Å². The number of hydrogen-bond acceptors (Lipinski definition) is 5. The number of nitro benzene ring substituents is 1. The highest BCUT2D eigenvalue weighted by Gasteiger charge is 2.29. The van der Waals surface area contributed by atoms with Crippen LogP contribution in [0.5, 0.6) is 0 Å². The van der Waals surface area contributed by atoms with E-state index in [1.54, 1.807) is 11.8 Å². The number of carbonyl (C=O) groups is 2. The minimum Gasteiger partial charge on any atom is -0.368 e. The van der Waals surface area contributed by atoms with Crippen LogP contribution in [-0.4, -0.2) is 36.4 Å². The Bertz CT molecular complexity index is 912. The van der Waals surface area contributed by atoms with Gasteiger partial charge in [-0.2, -0.15) is 0 Å². The molecule has 1 atom stereocenters. The van der Waals surface area contributed by atoms with Gasteiger partial charge in [-0.25, -0.2) is 0 Å². The van der Waals surface area contributed by atoms with Gasteiger partial charge in [-0.3, -0.25) is 19.7 Å².